The van der Waals surface area contributed by atoms with Crippen molar-refractivity contribution >= 4 is 5.91 Å². The summed E-state index contributed by atoms with van der Waals surface area (Å²) in [5, 5.41) is 9.28. The molecule has 2 N–H and O–H groups in total. The molecule has 0 unspecified atom stereocenters. The van der Waals surface area contributed by atoms with Crippen LogP contribution in [0.25, 0.3) is 0 Å². The predicted molar refractivity (Wildman–Crippen MR) is 65.8 cm³/mol. The van der Waals surface area contributed by atoms with E-state index in [0.29, 0.717) is 5.56 Å². The van der Waals surface area contributed by atoms with Crippen LogP contribution in [0.1, 0.15) is 36.0 Å². The van der Waals surface area contributed by atoms with Gasteiger partial charge in [-0.2, -0.15) is 5.10 Å². The zero-order chi connectivity index (χ0) is 11.9. The van der Waals surface area contributed by atoms with Crippen LogP contribution in [0.2, 0.25) is 0 Å². The van der Waals surface area contributed by atoms with E-state index in [9.17, 15) is 4.79 Å². The van der Waals surface area contributed by atoms with E-state index in [0.717, 1.165) is 19.5 Å². The van der Waals surface area contributed by atoms with Crippen molar-refractivity contribution in [3.8, 4) is 0 Å². The number of piperidine rings is 1. The van der Waals surface area contributed by atoms with E-state index in [1.807, 2.05) is 0 Å². The number of hydrogen-bond acceptors (Lipinski definition) is 3. The van der Waals surface area contributed by atoms with Gasteiger partial charge in [0.25, 0.3) is 5.91 Å². The fraction of sp³-hybridized carbons (Fsp3) is 0.667. The third-order valence-corrected chi connectivity index (χ3v) is 3.15. The molecule has 0 aliphatic carbocycles. The van der Waals surface area contributed by atoms with Gasteiger partial charge in [-0.3, -0.25) is 9.89 Å². The van der Waals surface area contributed by atoms with Crippen LogP contribution < -0.4 is 5.32 Å². The SMILES string of the molecule is O=C(NCCCN1CCCCC1)c1cn[nH]c1. The lowest BCUT2D eigenvalue weighted by Crippen LogP contribution is -2.33. The molecule has 2 rings (SSSR count). The number of hydrogen-bond donors (Lipinski definition) is 2. The highest BCUT2D eigenvalue weighted by molar-refractivity contribution is 5.93. The average molecular weight is 236 g/mol. The summed E-state index contributed by atoms with van der Waals surface area (Å²) < 4.78 is 0. The summed E-state index contributed by atoms with van der Waals surface area (Å²) in [5.74, 6) is -0.0441. The van der Waals surface area contributed by atoms with E-state index in [-0.39, 0.29) is 5.91 Å². The molecule has 0 bridgehead atoms. The zero-order valence-corrected chi connectivity index (χ0v) is 10.1. The molecule has 5 nitrogen and oxygen atoms in total. The third-order valence-electron chi connectivity index (χ3n) is 3.15. The van der Waals surface area contributed by atoms with Crippen molar-refractivity contribution in [3.63, 3.8) is 0 Å². The molecule has 0 atom stereocenters. The van der Waals surface area contributed by atoms with Crippen molar-refractivity contribution in [2.24, 2.45) is 0 Å². The first-order valence-corrected chi connectivity index (χ1v) is 6.35. The summed E-state index contributed by atoms with van der Waals surface area (Å²) in [7, 11) is 0. The maximum atomic E-state index is 11.6. The van der Waals surface area contributed by atoms with Gasteiger partial charge in [-0.1, -0.05) is 6.42 Å². The summed E-state index contributed by atoms with van der Waals surface area (Å²) in [6, 6.07) is 0. The molecule has 17 heavy (non-hydrogen) atoms. The smallest absolute Gasteiger partial charge is 0.254 e. The van der Waals surface area contributed by atoms with Crippen molar-refractivity contribution in [2.75, 3.05) is 26.2 Å². The molecule has 1 fully saturated rings. The zero-order valence-electron chi connectivity index (χ0n) is 10.1. The van der Waals surface area contributed by atoms with Crippen molar-refractivity contribution in [1.82, 2.24) is 20.4 Å². The van der Waals surface area contributed by atoms with Gasteiger partial charge in [0, 0.05) is 12.7 Å². The fourth-order valence-corrected chi connectivity index (χ4v) is 2.16. The minimum atomic E-state index is -0.0441. The Labute approximate surface area is 102 Å². The van der Waals surface area contributed by atoms with Gasteiger partial charge in [-0.25, -0.2) is 0 Å². The molecule has 1 aliphatic rings. The number of aromatic amines is 1. The number of rotatable bonds is 5. The van der Waals surface area contributed by atoms with E-state index in [4.69, 9.17) is 0 Å². The quantitative estimate of drug-likeness (QED) is 0.750. The summed E-state index contributed by atoms with van der Waals surface area (Å²) in [5.41, 5.74) is 0.600. The molecule has 1 aromatic rings. The Morgan fingerprint density at radius 3 is 2.94 bits per heavy atom. The number of H-pyrrole nitrogens is 1. The van der Waals surface area contributed by atoms with Crippen molar-refractivity contribution in [1.29, 1.82) is 0 Å². The van der Waals surface area contributed by atoms with E-state index >= 15 is 0 Å². The molecule has 2 heterocycles. The molecule has 0 saturated carbocycles. The lowest BCUT2D eigenvalue weighted by molar-refractivity contribution is 0.0951. The van der Waals surface area contributed by atoms with Crippen LogP contribution in [0, 0.1) is 0 Å². The first-order valence-electron chi connectivity index (χ1n) is 6.35. The Hall–Kier alpha value is -1.36. The number of likely N-dealkylation sites (tertiary alicyclic amines) is 1. The second kappa shape index (κ2) is 6.39. The van der Waals surface area contributed by atoms with E-state index < -0.39 is 0 Å². The summed E-state index contributed by atoms with van der Waals surface area (Å²) in [6.45, 7) is 4.26. The van der Waals surface area contributed by atoms with Crippen LogP contribution in [0.3, 0.4) is 0 Å². The number of aromatic nitrogens is 2. The van der Waals surface area contributed by atoms with Gasteiger partial charge in [-0.15, -0.1) is 0 Å². The Morgan fingerprint density at radius 2 is 2.24 bits per heavy atom. The normalized spacial score (nSPS) is 16.9. The number of nitrogens with zero attached hydrogens (tertiary/aromatic N) is 2. The van der Waals surface area contributed by atoms with Crippen LogP contribution in [0.5, 0.6) is 0 Å². The molecule has 5 heteroatoms. The Balaban J connectivity index is 1.58. The third kappa shape index (κ3) is 3.85. The van der Waals surface area contributed by atoms with Crippen LogP contribution in [0.4, 0.5) is 0 Å². The number of carbonyl (C=O) groups excluding carboxylic acids is 1. The molecule has 0 aromatic carbocycles. The first kappa shape index (κ1) is 12.1. The van der Waals surface area contributed by atoms with Gasteiger partial charge in [0.2, 0.25) is 0 Å². The standard InChI is InChI=1S/C12H20N4O/c17-12(11-9-14-15-10-11)13-5-4-8-16-6-2-1-3-7-16/h9-10H,1-8H2,(H,13,17)(H,14,15). The molecule has 1 saturated heterocycles. The minimum absolute atomic E-state index is 0.0441. The largest absolute Gasteiger partial charge is 0.352 e. The topological polar surface area (TPSA) is 61.0 Å². The van der Waals surface area contributed by atoms with Crippen molar-refractivity contribution in [3.05, 3.63) is 18.0 Å². The number of nitrogens with one attached hydrogen (secondary N) is 2. The second-order valence-electron chi connectivity index (χ2n) is 4.50. The van der Waals surface area contributed by atoms with E-state index in [2.05, 4.69) is 20.4 Å². The van der Waals surface area contributed by atoms with E-state index in [1.165, 1.54) is 32.4 Å². The lowest BCUT2D eigenvalue weighted by atomic mass is 10.1. The monoisotopic (exact) mass is 236 g/mol. The Morgan fingerprint density at radius 1 is 1.41 bits per heavy atom. The Bertz CT molecular complexity index is 330. The highest BCUT2D eigenvalue weighted by Crippen LogP contribution is 2.08. The molecule has 0 radical (unpaired) electrons. The highest BCUT2D eigenvalue weighted by atomic mass is 16.1. The Kier molecular flexibility index (Phi) is 4.55. The summed E-state index contributed by atoms with van der Waals surface area (Å²) >= 11 is 0. The van der Waals surface area contributed by atoms with Gasteiger partial charge in [0.05, 0.1) is 11.8 Å². The van der Waals surface area contributed by atoms with Crippen LogP contribution in [-0.2, 0) is 0 Å². The molecular formula is C12H20N4O. The highest BCUT2D eigenvalue weighted by Gasteiger charge is 2.09. The summed E-state index contributed by atoms with van der Waals surface area (Å²) in [6.07, 6.45) is 8.18. The molecule has 1 aliphatic heterocycles. The lowest BCUT2D eigenvalue weighted by Gasteiger charge is -2.26. The van der Waals surface area contributed by atoms with Gasteiger partial charge >= 0.3 is 0 Å². The van der Waals surface area contributed by atoms with E-state index in [1.54, 1.807) is 12.4 Å². The van der Waals surface area contributed by atoms with Gasteiger partial charge < -0.3 is 10.2 Å². The number of carbonyl (C=O) groups is 1. The molecule has 0 spiro atoms. The minimum Gasteiger partial charge on any atom is -0.352 e. The van der Waals surface area contributed by atoms with Crippen molar-refractivity contribution in [2.45, 2.75) is 25.7 Å². The maximum Gasteiger partial charge on any atom is 0.254 e. The van der Waals surface area contributed by atoms with Crippen LogP contribution in [-0.4, -0.2) is 47.2 Å². The molecule has 1 aromatic heterocycles. The van der Waals surface area contributed by atoms with Gasteiger partial charge in [0.1, 0.15) is 0 Å². The van der Waals surface area contributed by atoms with Gasteiger partial charge in [-0.05, 0) is 38.9 Å². The fourth-order valence-electron chi connectivity index (χ4n) is 2.16. The predicted octanol–water partition coefficient (Wildman–Crippen LogP) is 1.02. The number of amides is 1. The first-order chi connectivity index (χ1) is 8.36. The van der Waals surface area contributed by atoms with Crippen LogP contribution in [0.15, 0.2) is 12.4 Å². The summed E-state index contributed by atoms with van der Waals surface area (Å²) in [4.78, 5) is 14.1. The molecule has 1 amide bonds. The molecular weight excluding hydrogens is 216 g/mol. The maximum absolute atomic E-state index is 11.6. The average Bonchev–Trinajstić information content (AvgIpc) is 2.89. The molecule has 94 valence electrons. The van der Waals surface area contributed by atoms with Gasteiger partial charge in [0.15, 0.2) is 0 Å². The second-order valence-corrected chi connectivity index (χ2v) is 4.50. The van der Waals surface area contributed by atoms with Crippen molar-refractivity contribution < 1.29 is 4.79 Å². The van der Waals surface area contributed by atoms with Crippen LogP contribution >= 0.6 is 0 Å².